The molecule has 0 saturated carbocycles. The summed E-state index contributed by atoms with van der Waals surface area (Å²) in [7, 11) is 5.75. The average Bonchev–Trinajstić information content (AvgIpc) is 2.74. The van der Waals surface area contributed by atoms with Crippen LogP contribution in [-0.4, -0.2) is 61.4 Å². The summed E-state index contributed by atoms with van der Waals surface area (Å²) in [5.74, 6) is -1.60. The number of nitrogens with zero attached hydrogens (tertiary/aromatic N) is 1. The third kappa shape index (κ3) is 24.2. The van der Waals surface area contributed by atoms with Gasteiger partial charge in [0.1, 0.15) is 6.54 Å². The van der Waals surface area contributed by atoms with Crippen LogP contribution in [-0.2, 0) is 14.3 Å². The van der Waals surface area contributed by atoms with Gasteiger partial charge in [-0.15, -0.1) is 0 Å². The number of aliphatic hydroxyl groups excluding tert-OH is 1. The molecule has 1 N–H and O–H groups in total. The monoisotopic (exact) mass is 487 g/mol. The molecule has 0 aliphatic rings. The largest absolute Gasteiger partial charge is 0.550 e. The quantitative estimate of drug-likeness (QED) is 0.128. The number of esters is 1. The van der Waals surface area contributed by atoms with Gasteiger partial charge >= 0.3 is 5.97 Å². The Kier molecular flexibility index (Phi) is 19.1. The molecule has 0 aromatic rings. The molecule has 0 aromatic heterocycles. The molecule has 0 saturated heterocycles. The minimum atomic E-state index is -1.21. The highest BCUT2D eigenvalue weighted by Gasteiger charge is 2.22. The molecular weight excluding hydrogens is 442 g/mol. The number of carbonyl (C=O) groups is 2. The number of rotatable bonds is 19. The van der Waals surface area contributed by atoms with E-state index in [1.165, 1.54) is 0 Å². The van der Waals surface area contributed by atoms with E-state index in [4.69, 9.17) is 4.74 Å². The van der Waals surface area contributed by atoms with E-state index in [1.807, 2.05) is 57.6 Å². The van der Waals surface area contributed by atoms with Crippen LogP contribution in [0.15, 0.2) is 72.9 Å². The van der Waals surface area contributed by atoms with E-state index in [0.29, 0.717) is 23.9 Å². The molecule has 0 amide bonds. The molecule has 2 atom stereocenters. The van der Waals surface area contributed by atoms with Gasteiger partial charge in [0.25, 0.3) is 0 Å². The Hall–Kier alpha value is -2.70. The summed E-state index contributed by atoms with van der Waals surface area (Å²) in [5, 5.41) is 20.6. The van der Waals surface area contributed by atoms with E-state index in [1.54, 1.807) is 6.08 Å². The van der Waals surface area contributed by atoms with Crippen molar-refractivity contribution in [2.45, 2.75) is 70.5 Å². The van der Waals surface area contributed by atoms with Gasteiger partial charge in [-0.05, 0) is 38.5 Å². The first-order valence-corrected chi connectivity index (χ1v) is 12.4. The highest BCUT2D eigenvalue weighted by Crippen LogP contribution is 2.07. The Morgan fingerprint density at radius 2 is 1.49 bits per heavy atom. The Labute approximate surface area is 212 Å². The van der Waals surface area contributed by atoms with Crippen molar-refractivity contribution in [3.8, 4) is 0 Å². The standard InChI is InChI=1S/C29H45NO5/c1-5-6-18-21-26(31)22-19-16-14-12-10-8-7-9-11-13-15-17-20-23-29(34)35-27(24-28(32)33)25-30(2,3)4/h6,8-11,14-19,22,26-27,31H,5,7,12-13,20-21,23-25H2,1-4H3/b10-8+,11-9+,16-14+,17-15+,18-6+,22-19+. The second-order valence-electron chi connectivity index (χ2n) is 9.32. The average molecular weight is 488 g/mol. The van der Waals surface area contributed by atoms with Gasteiger partial charge in [-0.25, -0.2) is 0 Å². The predicted octanol–water partition coefficient (Wildman–Crippen LogP) is 4.19. The molecule has 35 heavy (non-hydrogen) atoms. The lowest BCUT2D eigenvalue weighted by Gasteiger charge is -2.29. The van der Waals surface area contributed by atoms with Crippen LogP contribution in [0.2, 0.25) is 0 Å². The molecule has 6 nitrogen and oxygen atoms in total. The van der Waals surface area contributed by atoms with Gasteiger partial charge in [-0.3, -0.25) is 4.79 Å². The van der Waals surface area contributed by atoms with Crippen LogP contribution >= 0.6 is 0 Å². The summed E-state index contributed by atoms with van der Waals surface area (Å²) in [4.78, 5) is 22.9. The van der Waals surface area contributed by atoms with Gasteiger partial charge in [-0.1, -0.05) is 79.8 Å². The first-order chi connectivity index (χ1) is 16.6. The molecular formula is C29H45NO5. The zero-order valence-corrected chi connectivity index (χ0v) is 22.0. The number of ether oxygens (including phenoxy) is 1. The summed E-state index contributed by atoms with van der Waals surface area (Å²) in [6.07, 6.45) is 27.5. The van der Waals surface area contributed by atoms with Crippen LogP contribution in [0.5, 0.6) is 0 Å². The lowest BCUT2D eigenvalue weighted by molar-refractivity contribution is -0.873. The van der Waals surface area contributed by atoms with Crippen LogP contribution in [0.4, 0.5) is 0 Å². The summed E-state index contributed by atoms with van der Waals surface area (Å²) in [6, 6.07) is 0. The Morgan fingerprint density at radius 3 is 2.06 bits per heavy atom. The molecule has 0 radical (unpaired) electrons. The predicted molar refractivity (Wildman–Crippen MR) is 141 cm³/mol. The van der Waals surface area contributed by atoms with E-state index in [9.17, 15) is 19.8 Å². The topological polar surface area (TPSA) is 86.7 Å². The molecule has 196 valence electrons. The summed E-state index contributed by atoms with van der Waals surface area (Å²) >= 11 is 0. The molecule has 0 fully saturated rings. The molecule has 0 bridgehead atoms. The number of allylic oxidation sites excluding steroid dienone is 10. The van der Waals surface area contributed by atoms with Crippen molar-refractivity contribution in [2.75, 3.05) is 27.7 Å². The minimum absolute atomic E-state index is 0.223. The maximum Gasteiger partial charge on any atom is 0.306 e. The van der Waals surface area contributed by atoms with Crippen molar-refractivity contribution in [3.63, 3.8) is 0 Å². The van der Waals surface area contributed by atoms with E-state index in [2.05, 4.69) is 37.3 Å². The lowest BCUT2D eigenvalue weighted by Crippen LogP contribution is -2.45. The number of hydrogen-bond acceptors (Lipinski definition) is 5. The maximum atomic E-state index is 12.0. The normalized spacial score (nSPS) is 14.9. The number of likely N-dealkylation sites (N-methyl/N-ethyl adjacent to an activating group) is 1. The fraction of sp³-hybridized carbons (Fsp3) is 0.517. The number of quaternary nitrogens is 1. The van der Waals surface area contributed by atoms with Crippen LogP contribution in [0, 0.1) is 0 Å². The van der Waals surface area contributed by atoms with Crippen molar-refractivity contribution in [1.82, 2.24) is 0 Å². The van der Waals surface area contributed by atoms with Gasteiger partial charge in [0, 0.05) is 18.8 Å². The van der Waals surface area contributed by atoms with Gasteiger partial charge in [0.05, 0.1) is 27.2 Å². The smallest absolute Gasteiger partial charge is 0.306 e. The lowest BCUT2D eigenvalue weighted by atomic mass is 10.2. The van der Waals surface area contributed by atoms with Crippen LogP contribution in [0.1, 0.15) is 58.3 Å². The van der Waals surface area contributed by atoms with Crippen LogP contribution in [0.25, 0.3) is 0 Å². The second kappa shape index (κ2) is 20.7. The number of aliphatic carboxylic acids is 1. The fourth-order valence-electron chi connectivity index (χ4n) is 3.05. The minimum Gasteiger partial charge on any atom is -0.550 e. The Balaban J connectivity index is 3.98. The molecule has 0 aliphatic heterocycles. The van der Waals surface area contributed by atoms with Crippen molar-refractivity contribution in [1.29, 1.82) is 0 Å². The Morgan fingerprint density at radius 1 is 0.886 bits per heavy atom. The summed E-state index contributed by atoms with van der Waals surface area (Å²) in [5.41, 5.74) is 0. The number of carboxylic acid groups (broad SMARTS) is 1. The maximum absolute atomic E-state index is 12.0. The number of carbonyl (C=O) groups excluding carboxylic acids is 2. The SMILES string of the molecule is CC/C=C/CC(O)/C=C/C=C/C/C=C/C/C=C/C/C=C/CCC(=O)OC(CC(=O)[O-])C[N+](C)(C)C. The summed E-state index contributed by atoms with van der Waals surface area (Å²) < 4.78 is 5.83. The fourth-order valence-corrected chi connectivity index (χ4v) is 3.05. The molecule has 0 spiro atoms. The van der Waals surface area contributed by atoms with E-state index < -0.39 is 18.2 Å². The third-order valence-corrected chi connectivity index (χ3v) is 4.64. The Bertz CT molecular complexity index is 754. The van der Waals surface area contributed by atoms with Crippen molar-refractivity contribution in [2.24, 2.45) is 0 Å². The number of carboxylic acids is 1. The second-order valence-corrected chi connectivity index (χ2v) is 9.32. The van der Waals surface area contributed by atoms with E-state index in [0.717, 1.165) is 25.7 Å². The third-order valence-electron chi connectivity index (χ3n) is 4.64. The molecule has 6 heteroatoms. The molecule has 2 unspecified atom stereocenters. The number of aliphatic hydroxyl groups is 1. The van der Waals surface area contributed by atoms with Gasteiger partial charge < -0.3 is 24.2 Å². The zero-order valence-electron chi connectivity index (χ0n) is 22.0. The van der Waals surface area contributed by atoms with Crippen LogP contribution < -0.4 is 5.11 Å². The van der Waals surface area contributed by atoms with Crippen molar-refractivity contribution >= 4 is 11.9 Å². The molecule has 0 rings (SSSR count). The molecule has 0 aromatic carbocycles. The number of hydrogen-bond donors (Lipinski definition) is 1. The van der Waals surface area contributed by atoms with Gasteiger partial charge in [0.2, 0.25) is 0 Å². The highest BCUT2D eigenvalue weighted by molar-refractivity contribution is 5.71. The molecule has 0 heterocycles. The van der Waals surface area contributed by atoms with Crippen molar-refractivity contribution in [3.05, 3.63) is 72.9 Å². The first-order valence-electron chi connectivity index (χ1n) is 12.4. The van der Waals surface area contributed by atoms with Crippen LogP contribution in [0.3, 0.4) is 0 Å². The first kappa shape index (κ1) is 32.3. The molecule has 0 aliphatic carbocycles. The zero-order chi connectivity index (χ0) is 26.4. The van der Waals surface area contributed by atoms with E-state index in [-0.39, 0.29) is 18.8 Å². The van der Waals surface area contributed by atoms with E-state index >= 15 is 0 Å². The van der Waals surface area contributed by atoms with Crippen molar-refractivity contribution < 1.29 is 29.0 Å². The van der Waals surface area contributed by atoms with Gasteiger partial charge in [-0.2, -0.15) is 0 Å². The highest BCUT2D eigenvalue weighted by atomic mass is 16.5. The summed E-state index contributed by atoms with van der Waals surface area (Å²) in [6.45, 7) is 2.49. The van der Waals surface area contributed by atoms with Gasteiger partial charge in [0.15, 0.2) is 6.10 Å².